The first-order chi connectivity index (χ1) is 12.7. The number of thiophene rings is 1. The minimum absolute atomic E-state index is 0.0610. The number of ether oxygens (including phenoxy) is 1. The summed E-state index contributed by atoms with van der Waals surface area (Å²) in [4.78, 5) is 19.9. The van der Waals surface area contributed by atoms with E-state index in [1.165, 1.54) is 21.5 Å². The van der Waals surface area contributed by atoms with Gasteiger partial charge in [-0.1, -0.05) is 0 Å². The van der Waals surface area contributed by atoms with Crippen molar-refractivity contribution >= 4 is 27.8 Å². The summed E-state index contributed by atoms with van der Waals surface area (Å²) in [7, 11) is 0. The Kier molecular flexibility index (Phi) is 4.59. The van der Waals surface area contributed by atoms with E-state index in [2.05, 4.69) is 10.1 Å². The molecule has 0 atom stereocenters. The topological polar surface area (TPSA) is 56.5 Å². The largest absolute Gasteiger partial charge is 0.494 e. The van der Waals surface area contributed by atoms with Gasteiger partial charge in [-0.2, -0.15) is 9.78 Å². The lowest BCUT2D eigenvalue weighted by atomic mass is 9.97. The zero-order valence-corrected chi connectivity index (χ0v) is 15.8. The average Bonchev–Trinajstić information content (AvgIpc) is 3.01. The van der Waals surface area contributed by atoms with E-state index in [-0.39, 0.29) is 5.56 Å². The van der Waals surface area contributed by atoms with E-state index in [0.29, 0.717) is 12.4 Å². The maximum Gasteiger partial charge on any atom is 0.283 e. The molecular formula is C20H21N3O2S. The van der Waals surface area contributed by atoms with Crippen molar-refractivity contribution in [1.29, 1.82) is 0 Å². The van der Waals surface area contributed by atoms with Gasteiger partial charge in [0.2, 0.25) is 0 Å². The molecule has 0 unspecified atom stereocenters. The number of aryl methyl sites for hydroxylation is 3. The molecule has 1 aromatic carbocycles. The molecule has 1 aliphatic rings. The molecule has 2 aromatic heterocycles. The molecule has 0 spiro atoms. The summed E-state index contributed by atoms with van der Waals surface area (Å²) < 4.78 is 6.86. The number of hydrogen-bond acceptors (Lipinski definition) is 5. The van der Waals surface area contributed by atoms with Gasteiger partial charge in [0, 0.05) is 4.88 Å². The first kappa shape index (κ1) is 17.0. The van der Waals surface area contributed by atoms with Gasteiger partial charge < -0.3 is 4.74 Å². The fraction of sp³-hybridized carbons (Fsp3) is 0.350. The molecule has 5 nitrogen and oxygen atoms in total. The normalized spacial score (nSPS) is 14.1. The van der Waals surface area contributed by atoms with E-state index < -0.39 is 0 Å². The molecule has 0 saturated carbocycles. The number of hydrogen-bond donors (Lipinski definition) is 0. The van der Waals surface area contributed by atoms with Crippen LogP contribution in [0.2, 0.25) is 0 Å². The molecule has 0 N–H and O–H groups in total. The fourth-order valence-electron chi connectivity index (χ4n) is 3.38. The fourth-order valence-corrected chi connectivity index (χ4v) is 4.67. The zero-order chi connectivity index (χ0) is 18.1. The summed E-state index contributed by atoms with van der Waals surface area (Å²) in [6.07, 6.45) is 6.06. The third-order valence-corrected chi connectivity index (χ3v) is 5.83. The Labute approximate surface area is 156 Å². The van der Waals surface area contributed by atoms with Crippen LogP contribution in [0, 0.1) is 6.92 Å². The summed E-state index contributed by atoms with van der Waals surface area (Å²) in [6, 6.07) is 7.65. The lowest BCUT2D eigenvalue weighted by Crippen LogP contribution is -2.21. The molecule has 0 bridgehead atoms. The van der Waals surface area contributed by atoms with Gasteiger partial charge in [0.25, 0.3) is 5.56 Å². The van der Waals surface area contributed by atoms with Gasteiger partial charge in [0.05, 0.1) is 18.2 Å². The summed E-state index contributed by atoms with van der Waals surface area (Å²) in [5, 5.41) is 5.17. The van der Waals surface area contributed by atoms with Gasteiger partial charge in [-0.15, -0.1) is 11.3 Å². The molecule has 0 amide bonds. The summed E-state index contributed by atoms with van der Waals surface area (Å²) >= 11 is 1.67. The molecule has 1 aliphatic carbocycles. The van der Waals surface area contributed by atoms with Crippen LogP contribution in [0.1, 0.15) is 41.6 Å². The van der Waals surface area contributed by atoms with Crippen LogP contribution in [0.4, 0.5) is 0 Å². The summed E-state index contributed by atoms with van der Waals surface area (Å²) in [5.41, 5.74) is 2.04. The Balaban J connectivity index is 1.73. The van der Waals surface area contributed by atoms with E-state index >= 15 is 0 Å². The maximum atomic E-state index is 13.0. The predicted molar refractivity (Wildman–Crippen MR) is 106 cm³/mol. The van der Waals surface area contributed by atoms with Gasteiger partial charge in [-0.25, -0.2) is 4.98 Å². The summed E-state index contributed by atoms with van der Waals surface area (Å²) in [6.45, 7) is 4.42. The van der Waals surface area contributed by atoms with E-state index in [4.69, 9.17) is 4.74 Å². The van der Waals surface area contributed by atoms with Gasteiger partial charge in [0.15, 0.2) is 0 Å². The minimum Gasteiger partial charge on any atom is -0.494 e. The molecule has 0 saturated heterocycles. The smallest absolute Gasteiger partial charge is 0.283 e. The second kappa shape index (κ2) is 7.03. The Hall–Kier alpha value is -2.47. The van der Waals surface area contributed by atoms with Crippen molar-refractivity contribution in [2.45, 2.75) is 39.5 Å². The van der Waals surface area contributed by atoms with Crippen molar-refractivity contribution in [2.75, 3.05) is 6.61 Å². The number of fused-ring (bicyclic) bond motifs is 3. The number of aromatic nitrogens is 2. The van der Waals surface area contributed by atoms with E-state index in [1.54, 1.807) is 17.6 Å². The molecule has 2 heterocycles. The Morgan fingerprint density at radius 1 is 1.27 bits per heavy atom. The average molecular weight is 367 g/mol. The van der Waals surface area contributed by atoms with Crippen LogP contribution in [0.3, 0.4) is 0 Å². The van der Waals surface area contributed by atoms with Crippen LogP contribution in [0.5, 0.6) is 5.75 Å². The standard InChI is InChI=1S/C20H21N3O2S/c1-3-25-15-10-8-14(9-11-15)12-21-23-13(2)22-19-18(20(23)24)16-6-4-5-7-17(16)26-19/h8-12H,3-7H2,1-2H3/b21-12+. The van der Waals surface area contributed by atoms with Crippen molar-refractivity contribution in [3.8, 4) is 5.75 Å². The van der Waals surface area contributed by atoms with Gasteiger partial charge in [-0.3, -0.25) is 4.79 Å². The molecule has 0 fully saturated rings. The van der Waals surface area contributed by atoms with Gasteiger partial charge >= 0.3 is 0 Å². The number of benzene rings is 1. The third kappa shape index (κ3) is 3.05. The third-order valence-electron chi connectivity index (χ3n) is 4.64. The van der Waals surface area contributed by atoms with Crippen LogP contribution in [0.25, 0.3) is 10.2 Å². The van der Waals surface area contributed by atoms with Crippen molar-refractivity contribution in [3.63, 3.8) is 0 Å². The monoisotopic (exact) mass is 367 g/mol. The Morgan fingerprint density at radius 3 is 2.81 bits per heavy atom. The minimum atomic E-state index is -0.0610. The van der Waals surface area contributed by atoms with Crippen molar-refractivity contribution in [3.05, 3.63) is 56.4 Å². The molecule has 134 valence electrons. The van der Waals surface area contributed by atoms with Crippen LogP contribution < -0.4 is 10.3 Å². The highest BCUT2D eigenvalue weighted by Gasteiger charge is 2.20. The Bertz CT molecular complexity index is 1030. The van der Waals surface area contributed by atoms with Crippen LogP contribution in [-0.2, 0) is 12.8 Å². The maximum absolute atomic E-state index is 13.0. The predicted octanol–water partition coefficient (Wildman–Crippen LogP) is 3.93. The highest BCUT2D eigenvalue weighted by atomic mass is 32.1. The SMILES string of the molecule is CCOc1ccc(/C=N/n2c(C)nc3sc4c(c3c2=O)CCCC4)cc1. The molecule has 6 heteroatoms. The Morgan fingerprint density at radius 2 is 2.04 bits per heavy atom. The van der Waals surface area contributed by atoms with Crippen molar-refractivity contribution in [2.24, 2.45) is 5.10 Å². The number of nitrogens with zero attached hydrogens (tertiary/aromatic N) is 3. The van der Waals surface area contributed by atoms with Crippen molar-refractivity contribution in [1.82, 2.24) is 9.66 Å². The quantitative estimate of drug-likeness (QED) is 0.657. The lowest BCUT2D eigenvalue weighted by Gasteiger charge is -2.10. The van der Waals surface area contributed by atoms with Gasteiger partial charge in [0.1, 0.15) is 16.4 Å². The van der Waals surface area contributed by atoms with E-state index in [9.17, 15) is 4.79 Å². The highest BCUT2D eigenvalue weighted by Crippen LogP contribution is 2.33. The first-order valence-corrected chi connectivity index (χ1v) is 9.80. The number of rotatable bonds is 4. The van der Waals surface area contributed by atoms with Gasteiger partial charge in [-0.05, 0) is 74.9 Å². The second-order valence-electron chi connectivity index (χ2n) is 6.41. The molecule has 4 rings (SSSR count). The summed E-state index contributed by atoms with van der Waals surface area (Å²) in [5.74, 6) is 1.44. The second-order valence-corrected chi connectivity index (χ2v) is 7.50. The molecule has 0 aliphatic heterocycles. The van der Waals surface area contributed by atoms with Crippen LogP contribution in [-0.4, -0.2) is 22.5 Å². The van der Waals surface area contributed by atoms with Crippen molar-refractivity contribution < 1.29 is 4.74 Å². The lowest BCUT2D eigenvalue weighted by molar-refractivity contribution is 0.340. The van der Waals surface area contributed by atoms with E-state index in [0.717, 1.165) is 40.8 Å². The molecule has 3 aromatic rings. The highest BCUT2D eigenvalue weighted by molar-refractivity contribution is 7.18. The molecule has 26 heavy (non-hydrogen) atoms. The van der Waals surface area contributed by atoms with Crippen LogP contribution in [0.15, 0.2) is 34.2 Å². The zero-order valence-electron chi connectivity index (χ0n) is 15.0. The molecular weight excluding hydrogens is 346 g/mol. The van der Waals surface area contributed by atoms with Crippen LogP contribution >= 0.6 is 11.3 Å². The van der Waals surface area contributed by atoms with E-state index in [1.807, 2.05) is 38.1 Å². The first-order valence-electron chi connectivity index (χ1n) is 8.98. The molecule has 0 radical (unpaired) electrons.